The normalized spacial score (nSPS) is 19.3. The van der Waals surface area contributed by atoms with Gasteiger partial charge in [-0.1, -0.05) is 66.6 Å². The highest BCUT2D eigenvalue weighted by Gasteiger charge is 2.25. The Labute approximate surface area is 150 Å². The summed E-state index contributed by atoms with van der Waals surface area (Å²) in [6.45, 7) is 3.04. The van der Waals surface area contributed by atoms with Crippen LogP contribution in [0.2, 0.25) is 0 Å². The third kappa shape index (κ3) is 3.39. The van der Waals surface area contributed by atoms with Gasteiger partial charge < -0.3 is 5.43 Å². The molecule has 4 rings (SSSR count). The Kier molecular flexibility index (Phi) is 4.69. The summed E-state index contributed by atoms with van der Waals surface area (Å²) >= 11 is 0. The fourth-order valence-electron chi connectivity index (χ4n) is 4.18. The van der Waals surface area contributed by atoms with Crippen LogP contribution in [-0.2, 0) is 6.54 Å². The molecule has 2 heteroatoms. The van der Waals surface area contributed by atoms with Crippen LogP contribution in [0.1, 0.15) is 67.2 Å². The monoisotopic (exact) mass is 330 g/mol. The average molecular weight is 330 g/mol. The molecule has 2 aliphatic rings. The zero-order valence-electron chi connectivity index (χ0n) is 15.0. The van der Waals surface area contributed by atoms with Gasteiger partial charge >= 0.3 is 0 Å². The Hall–Kier alpha value is -2.35. The minimum absolute atomic E-state index is 0.372. The van der Waals surface area contributed by atoms with Gasteiger partial charge in [-0.05, 0) is 54.9 Å². The second-order valence-electron chi connectivity index (χ2n) is 7.22. The van der Waals surface area contributed by atoms with Gasteiger partial charge in [0.25, 0.3) is 0 Å². The van der Waals surface area contributed by atoms with Crippen molar-refractivity contribution in [2.75, 3.05) is 0 Å². The minimum Gasteiger partial charge on any atom is -0.306 e. The number of fused-ring (bicyclic) bond motifs is 1. The first-order valence-corrected chi connectivity index (χ1v) is 9.46. The summed E-state index contributed by atoms with van der Waals surface area (Å²) in [7, 11) is 0. The lowest BCUT2D eigenvalue weighted by molar-refractivity contribution is 0.645. The number of nitrogens with zero attached hydrogens (tertiary/aromatic N) is 1. The molecule has 1 N–H and O–H groups in total. The van der Waals surface area contributed by atoms with E-state index in [1.54, 1.807) is 0 Å². The number of nitrogens with one attached hydrogen (secondary N) is 1. The number of allylic oxidation sites excluding steroid dienone is 1. The van der Waals surface area contributed by atoms with Crippen molar-refractivity contribution in [1.82, 2.24) is 5.43 Å². The third-order valence-electron chi connectivity index (χ3n) is 5.45. The summed E-state index contributed by atoms with van der Waals surface area (Å²) in [6, 6.07) is 17.5. The van der Waals surface area contributed by atoms with E-state index in [2.05, 4.69) is 72.1 Å². The van der Waals surface area contributed by atoms with Crippen molar-refractivity contribution in [3.63, 3.8) is 0 Å². The van der Waals surface area contributed by atoms with E-state index in [1.165, 1.54) is 52.8 Å². The van der Waals surface area contributed by atoms with Crippen LogP contribution in [0.3, 0.4) is 0 Å². The molecule has 0 radical (unpaired) electrons. The minimum atomic E-state index is 0.372. The molecule has 128 valence electrons. The third-order valence-corrected chi connectivity index (χ3v) is 5.45. The predicted octanol–water partition coefficient (Wildman–Crippen LogP) is 5.65. The van der Waals surface area contributed by atoms with E-state index in [4.69, 9.17) is 0 Å². The van der Waals surface area contributed by atoms with Crippen molar-refractivity contribution in [1.29, 1.82) is 0 Å². The van der Waals surface area contributed by atoms with Crippen molar-refractivity contribution in [2.45, 2.75) is 51.5 Å². The molecule has 2 aliphatic carbocycles. The van der Waals surface area contributed by atoms with Crippen molar-refractivity contribution >= 4 is 11.8 Å². The number of hydrogen-bond donors (Lipinski definition) is 1. The molecule has 0 aromatic heterocycles. The Morgan fingerprint density at radius 1 is 0.920 bits per heavy atom. The SMILES string of the molecule is CC1=Cc2ccccc2C1c1ccccc1CNN=C1CCCCC1. The van der Waals surface area contributed by atoms with Gasteiger partial charge in [0.2, 0.25) is 0 Å². The molecule has 2 aromatic rings. The van der Waals surface area contributed by atoms with E-state index in [1.807, 2.05) is 0 Å². The quantitative estimate of drug-likeness (QED) is 0.720. The van der Waals surface area contributed by atoms with Gasteiger partial charge in [0, 0.05) is 11.6 Å². The van der Waals surface area contributed by atoms with Crippen LogP contribution in [0.5, 0.6) is 0 Å². The van der Waals surface area contributed by atoms with Gasteiger partial charge in [-0.15, -0.1) is 0 Å². The fourth-order valence-corrected chi connectivity index (χ4v) is 4.18. The van der Waals surface area contributed by atoms with Gasteiger partial charge in [0.15, 0.2) is 0 Å². The van der Waals surface area contributed by atoms with Crippen LogP contribution in [-0.4, -0.2) is 5.71 Å². The van der Waals surface area contributed by atoms with Crippen LogP contribution in [0, 0.1) is 0 Å². The summed E-state index contributed by atoms with van der Waals surface area (Å²) in [5, 5.41) is 4.66. The van der Waals surface area contributed by atoms with E-state index < -0.39 is 0 Å². The lowest BCUT2D eigenvalue weighted by atomic mass is 9.86. The molecule has 0 aliphatic heterocycles. The smallest absolute Gasteiger partial charge is 0.0583 e. The maximum Gasteiger partial charge on any atom is 0.0583 e. The highest BCUT2D eigenvalue weighted by molar-refractivity contribution is 5.84. The number of hydrazone groups is 1. The van der Waals surface area contributed by atoms with Gasteiger partial charge in [0.1, 0.15) is 0 Å². The fraction of sp³-hybridized carbons (Fsp3) is 0.348. The van der Waals surface area contributed by atoms with E-state index in [-0.39, 0.29) is 0 Å². The molecule has 0 bridgehead atoms. The van der Waals surface area contributed by atoms with Crippen LogP contribution < -0.4 is 5.43 Å². The van der Waals surface area contributed by atoms with Gasteiger partial charge in [0.05, 0.1) is 6.54 Å². The summed E-state index contributed by atoms with van der Waals surface area (Å²) in [5.41, 5.74) is 11.6. The molecule has 0 heterocycles. The highest BCUT2D eigenvalue weighted by atomic mass is 15.3. The van der Waals surface area contributed by atoms with Crippen molar-refractivity contribution in [3.8, 4) is 0 Å². The zero-order valence-corrected chi connectivity index (χ0v) is 15.0. The first-order chi connectivity index (χ1) is 12.3. The second kappa shape index (κ2) is 7.26. The molecule has 0 amide bonds. The second-order valence-corrected chi connectivity index (χ2v) is 7.22. The van der Waals surface area contributed by atoms with Crippen molar-refractivity contribution in [2.24, 2.45) is 5.10 Å². The molecular weight excluding hydrogens is 304 g/mol. The molecule has 2 aromatic carbocycles. The maximum atomic E-state index is 4.66. The topological polar surface area (TPSA) is 24.4 Å². The lowest BCUT2D eigenvalue weighted by Gasteiger charge is -2.19. The number of benzene rings is 2. The maximum absolute atomic E-state index is 4.66. The molecule has 1 fully saturated rings. The summed E-state index contributed by atoms with van der Waals surface area (Å²) in [6.07, 6.45) is 8.58. The Morgan fingerprint density at radius 2 is 1.64 bits per heavy atom. The first kappa shape index (κ1) is 16.1. The standard InChI is InChI=1S/C23H26N2/c1-17-15-18-9-5-7-13-21(18)23(17)22-14-8-6-10-19(22)16-24-25-20-11-3-2-4-12-20/h5-10,13-15,23-24H,2-4,11-12,16H2,1H3. The number of hydrogen-bond acceptors (Lipinski definition) is 2. The van der Waals surface area contributed by atoms with Gasteiger partial charge in [-0.25, -0.2) is 0 Å². The molecule has 1 saturated carbocycles. The molecule has 0 spiro atoms. The number of rotatable bonds is 4. The van der Waals surface area contributed by atoms with E-state index in [0.717, 1.165) is 19.4 Å². The largest absolute Gasteiger partial charge is 0.306 e. The molecular formula is C23H26N2. The van der Waals surface area contributed by atoms with Crippen LogP contribution in [0.25, 0.3) is 6.08 Å². The lowest BCUT2D eigenvalue weighted by Crippen LogP contribution is -2.14. The van der Waals surface area contributed by atoms with E-state index in [9.17, 15) is 0 Å². The van der Waals surface area contributed by atoms with Crippen LogP contribution >= 0.6 is 0 Å². The molecule has 1 unspecified atom stereocenters. The molecule has 1 atom stereocenters. The summed E-state index contributed by atoms with van der Waals surface area (Å²) in [5.74, 6) is 0.372. The van der Waals surface area contributed by atoms with Crippen molar-refractivity contribution < 1.29 is 0 Å². The summed E-state index contributed by atoms with van der Waals surface area (Å²) in [4.78, 5) is 0. The Morgan fingerprint density at radius 3 is 2.48 bits per heavy atom. The van der Waals surface area contributed by atoms with Crippen molar-refractivity contribution in [3.05, 3.63) is 76.4 Å². The van der Waals surface area contributed by atoms with Crippen LogP contribution in [0.15, 0.2) is 59.2 Å². The highest BCUT2D eigenvalue weighted by Crippen LogP contribution is 2.41. The van der Waals surface area contributed by atoms with Gasteiger partial charge in [-0.3, -0.25) is 0 Å². The first-order valence-electron chi connectivity index (χ1n) is 9.46. The van der Waals surface area contributed by atoms with E-state index >= 15 is 0 Å². The zero-order chi connectivity index (χ0) is 17.1. The molecule has 0 saturated heterocycles. The average Bonchev–Trinajstić information content (AvgIpc) is 2.99. The van der Waals surface area contributed by atoms with Gasteiger partial charge in [-0.2, -0.15) is 5.10 Å². The van der Waals surface area contributed by atoms with Crippen LogP contribution in [0.4, 0.5) is 0 Å². The summed E-state index contributed by atoms with van der Waals surface area (Å²) < 4.78 is 0. The molecule has 25 heavy (non-hydrogen) atoms. The predicted molar refractivity (Wildman–Crippen MR) is 106 cm³/mol. The van der Waals surface area contributed by atoms with E-state index in [0.29, 0.717) is 5.92 Å². The molecule has 2 nitrogen and oxygen atoms in total. The Balaban J connectivity index is 1.56. The Bertz CT molecular complexity index is 808.